The molecule has 0 amide bonds. The van der Waals surface area contributed by atoms with E-state index < -0.39 is 0 Å². The number of thiazole rings is 1. The Bertz CT molecular complexity index is 1130. The Kier molecular flexibility index (Phi) is 5.59. The van der Waals surface area contributed by atoms with Gasteiger partial charge in [0.25, 0.3) is 0 Å². The number of piperazine rings is 1. The van der Waals surface area contributed by atoms with Crippen LogP contribution in [0, 0.1) is 0 Å². The topological polar surface area (TPSA) is 66.1 Å². The average molecular weight is 436 g/mol. The highest BCUT2D eigenvalue weighted by Gasteiger charge is 2.31. The Labute approximate surface area is 185 Å². The molecular weight excluding hydrogens is 410 g/mol. The molecular formula is C23H25N5O2S. The van der Waals surface area contributed by atoms with Crippen molar-refractivity contribution >= 4 is 16.3 Å². The molecule has 0 radical (unpaired) electrons. The number of fused-ring (bicyclic) bond motifs is 1. The van der Waals surface area contributed by atoms with E-state index in [0.29, 0.717) is 4.96 Å². The number of benzene rings is 2. The molecule has 1 atom stereocenters. The Hall–Kier alpha value is -2.94. The molecule has 1 aliphatic rings. The van der Waals surface area contributed by atoms with Crippen LogP contribution in [0.1, 0.15) is 22.0 Å². The molecule has 2 aromatic heterocycles. The number of aromatic nitrogens is 3. The van der Waals surface area contributed by atoms with Crippen LogP contribution in [-0.2, 0) is 6.54 Å². The van der Waals surface area contributed by atoms with Gasteiger partial charge >= 0.3 is 0 Å². The maximum atomic E-state index is 10.9. The Morgan fingerprint density at radius 1 is 1.03 bits per heavy atom. The zero-order chi connectivity index (χ0) is 21.2. The van der Waals surface area contributed by atoms with Crippen LogP contribution in [0.5, 0.6) is 11.6 Å². The standard InChI is InChI=1S/C23H25N5O2S/c1-30-19-9-7-18(8-10-19)20(21-22(29)28-23(31-21)24-16-25-28)27-13-11-26(12-14-27)15-17-5-3-2-4-6-17/h2-10,16,20,29H,11-15H2,1H3. The van der Waals surface area contributed by atoms with Gasteiger partial charge in [0, 0.05) is 32.7 Å². The third kappa shape index (κ3) is 4.01. The highest BCUT2D eigenvalue weighted by Crippen LogP contribution is 2.40. The summed E-state index contributed by atoms with van der Waals surface area (Å²) in [6.07, 6.45) is 1.47. The second kappa shape index (κ2) is 8.66. The fraction of sp³-hybridized carbons (Fsp3) is 0.304. The van der Waals surface area contributed by atoms with Crippen molar-refractivity contribution in [2.75, 3.05) is 33.3 Å². The highest BCUT2D eigenvalue weighted by atomic mass is 32.1. The zero-order valence-corrected chi connectivity index (χ0v) is 18.2. The van der Waals surface area contributed by atoms with Gasteiger partial charge in [-0.1, -0.05) is 53.8 Å². The van der Waals surface area contributed by atoms with Gasteiger partial charge in [0.15, 0.2) is 0 Å². The first-order valence-corrected chi connectivity index (χ1v) is 11.2. The summed E-state index contributed by atoms with van der Waals surface area (Å²) < 4.78 is 6.86. The highest BCUT2D eigenvalue weighted by molar-refractivity contribution is 7.17. The van der Waals surface area contributed by atoms with Crippen LogP contribution in [0.15, 0.2) is 60.9 Å². The number of methoxy groups -OCH3 is 1. The molecule has 0 spiro atoms. The van der Waals surface area contributed by atoms with Crippen molar-refractivity contribution in [3.8, 4) is 11.6 Å². The maximum absolute atomic E-state index is 10.9. The minimum atomic E-state index is -0.0571. The first kappa shape index (κ1) is 20.0. The molecule has 31 heavy (non-hydrogen) atoms. The predicted molar refractivity (Wildman–Crippen MR) is 121 cm³/mol. The van der Waals surface area contributed by atoms with Crippen LogP contribution >= 0.6 is 11.3 Å². The number of aromatic hydroxyl groups is 1. The maximum Gasteiger partial charge on any atom is 0.230 e. The number of ether oxygens (including phenoxy) is 1. The Balaban J connectivity index is 1.41. The molecule has 1 unspecified atom stereocenters. The van der Waals surface area contributed by atoms with Crippen LogP contribution in [0.3, 0.4) is 0 Å². The summed E-state index contributed by atoms with van der Waals surface area (Å²) in [7, 11) is 1.67. The van der Waals surface area contributed by atoms with Gasteiger partial charge in [0.2, 0.25) is 10.8 Å². The molecule has 0 saturated carbocycles. The molecule has 160 valence electrons. The normalized spacial score (nSPS) is 16.5. The van der Waals surface area contributed by atoms with Gasteiger partial charge in [-0.2, -0.15) is 9.61 Å². The molecule has 1 fully saturated rings. The quantitative estimate of drug-likeness (QED) is 0.501. The Morgan fingerprint density at radius 3 is 2.45 bits per heavy atom. The first-order chi connectivity index (χ1) is 15.2. The van der Waals surface area contributed by atoms with Gasteiger partial charge in [-0.05, 0) is 23.3 Å². The van der Waals surface area contributed by atoms with Crippen LogP contribution in [0.2, 0.25) is 0 Å². The molecule has 0 bridgehead atoms. The van der Waals surface area contributed by atoms with E-state index in [1.807, 2.05) is 12.1 Å². The molecule has 4 aromatic rings. The van der Waals surface area contributed by atoms with Crippen LogP contribution < -0.4 is 4.74 Å². The van der Waals surface area contributed by atoms with E-state index in [0.717, 1.165) is 48.9 Å². The molecule has 3 heterocycles. The Morgan fingerprint density at radius 2 is 1.77 bits per heavy atom. The van der Waals surface area contributed by atoms with Gasteiger partial charge in [0.05, 0.1) is 18.0 Å². The minimum absolute atomic E-state index is 0.0571. The zero-order valence-electron chi connectivity index (χ0n) is 17.4. The fourth-order valence-corrected chi connectivity index (χ4v) is 5.30. The smallest absolute Gasteiger partial charge is 0.230 e. The van der Waals surface area contributed by atoms with Gasteiger partial charge in [0.1, 0.15) is 12.1 Å². The SMILES string of the molecule is COc1ccc(C(c2sc3ncnn3c2O)N2CCN(Cc3ccccc3)CC2)cc1. The van der Waals surface area contributed by atoms with E-state index in [4.69, 9.17) is 4.74 Å². The largest absolute Gasteiger partial charge is 0.497 e. The minimum Gasteiger partial charge on any atom is -0.497 e. The van der Waals surface area contributed by atoms with E-state index in [2.05, 4.69) is 62.3 Å². The summed E-state index contributed by atoms with van der Waals surface area (Å²) >= 11 is 1.49. The summed E-state index contributed by atoms with van der Waals surface area (Å²) in [5, 5.41) is 15.1. The van der Waals surface area contributed by atoms with E-state index in [1.54, 1.807) is 7.11 Å². The summed E-state index contributed by atoms with van der Waals surface area (Å²) in [5.74, 6) is 0.993. The van der Waals surface area contributed by atoms with Gasteiger partial charge in [-0.25, -0.2) is 4.98 Å². The predicted octanol–water partition coefficient (Wildman–Crippen LogP) is 3.41. The third-order valence-electron chi connectivity index (χ3n) is 5.84. The lowest BCUT2D eigenvalue weighted by Gasteiger charge is -2.39. The third-order valence-corrected chi connectivity index (χ3v) is 6.93. The van der Waals surface area contributed by atoms with E-state index in [9.17, 15) is 5.11 Å². The molecule has 0 aliphatic carbocycles. The number of rotatable bonds is 6. The van der Waals surface area contributed by atoms with E-state index in [-0.39, 0.29) is 11.9 Å². The van der Waals surface area contributed by atoms with Crippen LogP contribution in [0.4, 0.5) is 0 Å². The fourth-order valence-electron chi connectivity index (χ4n) is 4.21. The van der Waals surface area contributed by atoms with Gasteiger partial charge in [-0.3, -0.25) is 9.80 Å². The van der Waals surface area contributed by atoms with Crippen molar-refractivity contribution in [1.29, 1.82) is 0 Å². The van der Waals surface area contributed by atoms with E-state index >= 15 is 0 Å². The average Bonchev–Trinajstić information content (AvgIpc) is 3.40. The summed E-state index contributed by atoms with van der Waals surface area (Å²) in [6, 6.07) is 18.6. The van der Waals surface area contributed by atoms with Crippen molar-refractivity contribution in [2.45, 2.75) is 12.6 Å². The second-order valence-corrected chi connectivity index (χ2v) is 8.73. The first-order valence-electron chi connectivity index (χ1n) is 10.4. The van der Waals surface area contributed by atoms with E-state index in [1.165, 1.54) is 27.7 Å². The lowest BCUT2D eigenvalue weighted by Crippen LogP contribution is -2.47. The summed E-state index contributed by atoms with van der Waals surface area (Å²) in [4.78, 5) is 10.8. The lowest BCUT2D eigenvalue weighted by molar-refractivity contribution is 0.105. The number of nitrogens with zero attached hydrogens (tertiary/aromatic N) is 5. The van der Waals surface area contributed by atoms with Crippen molar-refractivity contribution in [3.05, 3.63) is 76.9 Å². The molecule has 1 N–H and O–H groups in total. The molecule has 1 saturated heterocycles. The summed E-state index contributed by atoms with van der Waals surface area (Å²) in [6.45, 7) is 4.74. The second-order valence-electron chi connectivity index (χ2n) is 7.72. The van der Waals surface area contributed by atoms with Crippen molar-refractivity contribution in [3.63, 3.8) is 0 Å². The van der Waals surface area contributed by atoms with Crippen LogP contribution in [-0.4, -0.2) is 62.8 Å². The number of hydrogen-bond donors (Lipinski definition) is 1. The molecule has 1 aliphatic heterocycles. The van der Waals surface area contributed by atoms with Gasteiger partial charge in [-0.15, -0.1) is 0 Å². The summed E-state index contributed by atoms with van der Waals surface area (Å²) in [5.41, 5.74) is 2.46. The molecule has 5 rings (SSSR count). The van der Waals surface area contributed by atoms with Crippen molar-refractivity contribution < 1.29 is 9.84 Å². The monoisotopic (exact) mass is 435 g/mol. The number of hydrogen-bond acceptors (Lipinski definition) is 7. The molecule has 7 nitrogen and oxygen atoms in total. The van der Waals surface area contributed by atoms with Crippen molar-refractivity contribution in [2.24, 2.45) is 0 Å². The van der Waals surface area contributed by atoms with Crippen LogP contribution in [0.25, 0.3) is 4.96 Å². The van der Waals surface area contributed by atoms with Crippen molar-refractivity contribution in [1.82, 2.24) is 24.4 Å². The lowest BCUT2D eigenvalue weighted by atomic mass is 10.0. The molecule has 2 aromatic carbocycles. The molecule has 8 heteroatoms. The van der Waals surface area contributed by atoms with Gasteiger partial charge < -0.3 is 9.84 Å².